The molecular weight excluding hydrogens is 366 g/mol. The third kappa shape index (κ3) is 6.68. The molecule has 0 aliphatic carbocycles. The zero-order valence-electron chi connectivity index (χ0n) is 17.7. The van der Waals surface area contributed by atoms with Crippen LogP contribution in [0.3, 0.4) is 0 Å². The van der Waals surface area contributed by atoms with Crippen LogP contribution < -0.4 is 15.0 Å². The van der Waals surface area contributed by atoms with Crippen molar-refractivity contribution in [1.29, 1.82) is 0 Å². The van der Waals surface area contributed by atoms with E-state index in [1.54, 1.807) is 32.1 Å². The lowest BCUT2D eigenvalue weighted by Gasteiger charge is -2.22. The second kappa shape index (κ2) is 10.3. The van der Waals surface area contributed by atoms with E-state index in [1.165, 1.54) is 6.08 Å². The maximum Gasteiger partial charge on any atom is 0.244 e. The molecule has 0 fully saturated rings. The predicted molar refractivity (Wildman–Crippen MR) is 117 cm³/mol. The lowest BCUT2D eigenvalue weighted by Crippen LogP contribution is -2.44. The Morgan fingerprint density at radius 3 is 2.21 bits per heavy atom. The highest BCUT2D eigenvalue weighted by molar-refractivity contribution is 5.95. The maximum absolute atomic E-state index is 12.6. The largest absolute Gasteiger partial charge is 0.497 e. The number of hydrogen-bond donors (Lipinski definition) is 1. The van der Waals surface area contributed by atoms with Gasteiger partial charge in [-0.05, 0) is 48.4 Å². The summed E-state index contributed by atoms with van der Waals surface area (Å²) >= 11 is 0. The highest BCUT2D eigenvalue weighted by Crippen LogP contribution is 2.14. The van der Waals surface area contributed by atoms with Gasteiger partial charge in [-0.25, -0.2) is 0 Å². The molecule has 2 aromatic rings. The Morgan fingerprint density at radius 1 is 1.03 bits per heavy atom. The van der Waals surface area contributed by atoms with E-state index >= 15 is 0 Å². The maximum atomic E-state index is 12.6. The summed E-state index contributed by atoms with van der Waals surface area (Å²) in [4.78, 5) is 28.3. The first-order chi connectivity index (χ1) is 13.8. The van der Waals surface area contributed by atoms with Crippen molar-refractivity contribution in [2.45, 2.75) is 19.5 Å². The van der Waals surface area contributed by atoms with Crippen LogP contribution in [0.25, 0.3) is 6.08 Å². The SMILES string of the molecule is COc1ccc(C=CC(=O)NC(C)C(=O)N(C)Cc2ccc(N(C)C)cc2)cc1. The van der Waals surface area contributed by atoms with Crippen LogP contribution in [0.2, 0.25) is 0 Å². The third-order valence-electron chi connectivity index (χ3n) is 4.52. The van der Waals surface area contributed by atoms with Crippen molar-refractivity contribution in [3.05, 3.63) is 65.7 Å². The molecule has 1 unspecified atom stereocenters. The summed E-state index contributed by atoms with van der Waals surface area (Å²) in [6.07, 6.45) is 3.12. The second-order valence-electron chi connectivity index (χ2n) is 7.09. The number of carbonyl (C=O) groups is 2. The fraction of sp³-hybridized carbons (Fsp3) is 0.304. The van der Waals surface area contributed by atoms with Gasteiger partial charge in [-0.3, -0.25) is 9.59 Å². The number of ether oxygens (including phenoxy) is 1. The van der Waals surface area contributed by atoms with Crippen LogP contribution in [0.5, 0.6) is 5.75 Å². The van der Waals surface area contributed by atoms with E-state index in [0.29, 0.717) is 6.54 Å². The topological polar surface area (TPSA) is 61.9 Å². The summed E-state index contributed by atoms with van der Waals surface area (Å²) in [5.74, 6) is 0.295. The molecule has 0 aliphatic heterocycles. The first-order valence-electron chi connectivity index (χ1n) is 9.44. The molecule has 29 heavy (non-hydrogen) atoms. The zero-order chi connectivity index (χ0) is 21.4. The van der Waals surface area contributed by atoms with E-state index in [0.717, 1.165) is 22.6 Å². The van der Waals surface area contributed by atoms with Crippen molar-refractivity contribution in [3.63, 3.8) is 0 Å². The number of anilines is 1. The molecule has 6 heteroatoms. The smallest absolute Gasteiger partial charge is 0.244 e. The fourth-order valence-electron chi connectivity index (χ4n) is 2.79. The van der Waals surface area contributed by atoms with Crippen molar-refractivity contribution in [2.75, 3.05) is 33.2 Å². The predicted octanol–water partition coefficient (Wildman–Crippen LogP) is 2.94. The molecule has 0 aliphatic rings. The van der Waals surface area contributed by atoms with Crippen LogP contribution in [0.4, 0.5) is 5.69 Å². The number of hydrogen-bond acceptors (Lipinski definition) is 4. The Balaban J connectivity index is 1.87. The van der Waals surface area contributed by atoms with Crippen molar-refractivity contribution < 1.29 is 14.3 Å². The first-order valence-corrected chi connectivity index (χ1v) is 9.44. The number of carbonyl (C=O) groups excluding carboxylic acids is 2. The molecule has 1 atom stereocenters. The Morgan fingerprint density at radius 2 is 1.66 bits per heavy atom. The summed E-state index contributed by atoms with van der Waals surface area (Å²) < 4.78 is 5.11. The van der Waals surface area contributed by atoms with E-state index in [9.17, 15) is 9.59 Å². The number of benzene rings is 2. The van der Waals surface area contributed by atoms with E-state index in [4.69, 9.17) is 4.74 Å². The van der Waals surface area contributed by atoms with Gasteiger partial charge in [0.1, 0.15) is 11.8 Å². The van der Waals surface area contributed by atoms with Crippen LogP contribution in [-0.2, 0) is 16.1 Å². The minimum Gasteiger partial charge on any atom is -0.497 e. The molecule has 0 bridgehead atoms. The number of rotatable bonds is 8. The molecule has 2 rings (SSSR count). The molecule has 0 saturated heterocycles. The van der Waals surface area contributed by atoms with Gasteiger partial charge in [0, 0.05) is 39.5 Å². The second-order valence-corrected chi connectivity index (χ2v) is 7.09. The van der Waals surface area contributed by atoms with Gasteiger partial charge in [0.15, 0.2) is 0 Å². The third-order valence-corrected chi connectivity index (χ3v) is 4.52. The Labute approximate surface area is 172 Å². The summed E-state index contributed by atoms with van der Waals surface area (Å²) in [5, 5.41) is 2.71. The average Bonchev–Trinajstić information content (AvgIpc) is 2.72. The van der Waals surface area contributed by atoms with Gasteiger partial charge < -0.3 is 19.9 Å². The van der Waals surface area contributed by atoms with E-state index in [1.807, 2.05) is 67.5 Å². The van der Waals surface area contributed by atoms with Crippen LogP contribution in [-0.4, -0.2) is 51.0 Å². The van der Waals surface area contributed by atoms with Crippen molar-refractivity contribution in [3.8, 4) is 5.75 Å². The average molecular weight is 396 g/mol. The van der Waals surface area contributed by atoms with Crippen LogP contribution in [0, 0.1) is 0 Å². The van der Waals surface area contributed by atoms with Crippen molar-refractivity contribution in [2.24, 2.45) is 0 Å². The molecule has 1 N–H and O–H groups in total. The molecule has 0 spiro atoms. The van der Waals surface area contributed by atoms with Crippen molar-refractivity contribution in [1.82, 2.24) is 10.2 Å². The molecule has 154 valence electrons. The molecule has 0 saturated carbocycles. The molecule has 0 heterocycles. The number of methoxy groups -OCH3 is 1. The van der Waals surface area contributed by atoms with Crippen LogP contribution in [0.1, 0.15) is 18.1 Å². The highest BCUT2D eigenvalue weighted by atomic mass is 16.5. The van der Waals surface area contributed by atoms with Gasteiger partial charge in [0.2, 0.25) is 11.8 Å². The lowest BCUT2D eigenvalue weighted by molar-refractivity contribution is -0.134. The van der Waals surface area contributed by atoms with Gasteiger partial charge in [-0.1, -0.05) is 24.3 Å². The Hall–Kier alpha value is -3.28. The van der Waals surface area contributed by atoms with E-state index < -0.39 is 6.04 Å². The highest BCUT2D eigenvalue weighted by Gasteiger charge is 2.18. The quantitative estimate of drug-likeness (QED) is 0.698. The molecular formula is C23H29N3O3. The standard InChI is InChI=1S/C23H29N3O3/c1-17(24-22(27)15-10-18-8-13-21(29-5)14-9-18)23(28)26(4)16-19-6-11-20(12-7-19)25(2)3/h6-15,17H,16H2,1-5H3,(H,24,27). The van der Waals surface area contributed by atoms with Crippen LogP contribution in [0.15, 0.2) is 54.6 Å². The number of likely N-dealkylation sites (N-methyl/N-ethyl adjacent to an activating group) is 1. The molecule has 2 amide bonds. The number of nitrogens with one attached hydrogen (secondary N) is 1. The van der Waals surface area contributed by atoms with Gasteiger partial charge >= 0.3 is 0 Å². The summed E-state index contributed by atoms with van der Waals surface area (Å²) in [6, 6.07) is 14.8. The minimum atomic E-state index is -0.617. The van der Waals surface area contributed by atoms with Gasteiger partial charge in [0.05, 0.1) is 7.11 Å². The summed E-state index contributed by atoms with van der Waals surface area (Å²) in [6.45, 7) is 2.17. The monoisotopic (exact) mass is 395 g/mol. The number of amides is 2. The van der Waals surface area contributed by atoms with Gasteiger partial charge in [0.25, 0.3) is 0 Å². The number of nitrogens with zero attached hydrogens (tertiary/aromatic N) is 2. The van der Waals surface area contributed by atoms with Crippen molar-refractivity contribution >= 4 is 23.6 Å². The van der Waals surface area contributed by atoms with Gasteiger partial charge in [-0.2, -0.15) is 0 Å². The van der Waals surface area contributed by atoms with Crippen LogP contribution >= 0.6 is 0 Å². The minimum absolute atomic E-state index is 0.145. The van der Waals surface area contributed by atoms with Gasteiger partial charge in [-0.15, -0.1) is 0 Å². The molecule has 6 nitrogen and oxygen atoms in total. The summed E-state index contributed by atoms with van der Waals surface area (Å²) in [5.41, 5.74) is 3.01. The molecule has 2 aromatic carbocycles. The fourth-order valence-corrected chi connectivity index (χ4v) is 2.79. The Kier molecular flexibility index (Phi) is 7.83. The lowest BCUT2D eigenvalue weighted by atomic mass is 10.1. The zero-order valence-corrected chi connectivity index (χ0v) is 17.7. The normalized spacial score (nSPS) is 11.8. The summed E-state index contributed by atoms with van der Waals surface area (Å²) in [7, 11) is 7.31. The molecule has 0 aromatic heterocycles. The van der Waals surface area contributed by atoms with E-state index in [2.05, 4.69) is 5.32 Å². The van der Waals surface area contributed by atoms with E-state index in [-0.39, 0.29) is 11.8 Å². The first kappa shape index (κ1) is 22.0. The Bertz CT molecular complexity index is 843. The molecule has 0 radical (unpaired) electrons.